The van der Waals surface area contributed by atoms with Crippen LogP contribution in [0.15, 0.2) is 5.16 Å². The zero-order valence-electron chi connectivity index (χ0n) is 4.33. The molecular formula is C4H7NO2S. The highest BCUT2D eigenvalue weighted by Gasteiger charge is 2.06. The van der Waals surface area contributed by atoms with E-state index in [4.69, 9.17) is 9.94 Å². The zero-order valence-corrected chi connectivity index (χ0v) is 5.15. The van der Waals surface area contributed by atoms with Gasteiger partial charge >= 0.3 is 0 Å². The van der Waals surface area contributed by atoms with Crippen molar-refractivity contribution in [1.82, 2.24) is 0 Å². The largest absolute Gasteiger partial charge is 0.477 e. The molecule has 1 fully saturated rings. The van der Waals surface area contributed by atoms with Crippen LogP contribution in [-0.2, 0) is 4.74 Å². The Morgan fingerprint density at radius 2 is 2.62 bits per heavy atom. The minimum atomic E-state index is 0.446. The van der Waals surface area contributed by atoms with Crippen molar-refractivity contribution < 1.29 is 9.94 Å². The van der Waals surface area contributed by atoms with Crippen LogP contribution < -0.4 is 0 Å². The standard InChI is InChI=1S/C4H7NO2S/c6-5-4-3-8-2-1-7-4/h6H,1-3H2. The van der Waals surface area contributed by atoms with Gasteiger partial charge in [-0.1, -0.05) is 5.16 Å². The van der Waals surface area contributed by atoms with Crippen molar-refractivity contribution in [2.45, 2.75) is 0 Å². The summed E-state index contributed by atoms with van der Waals surface area (Å²) in [5, 5.41) is 11.1. The Kier molecular flexibility index (Phi) is 2.02. The van der Waals surface area contributed by atoms with Crippen LogP contribution in [0, 0.1) is 0 Å². The van der Waals surface area contributed by atoms with Gasteiger partial charge in [-0.15, -0.1) is 11.8 Å². The molecule has 1 aliphatic rings. The highest BCUT2D eigenvalue weighted by Crippen LogP contribution is 2.06. The molecule has 1 N–H and O–H groups in total. The van der Waals surface area contributed by atoms with Crippen molar-refractivity contribution in [3.63, 3.8) is 0 Å². The highest BCUT2D eigenvalue weighted by atomic mass is 32.2. The smallest absolute Gasteiger partial charge is 0.235 e. The van der Waals surface area contributed by atoms with Crippen LogP contribution in [0.1, 0.15) is 0 Å². The molecule has 0 aromatic rings. The average Bonchev–Trinajstić information content (AvgIpc) is 1.90. The topological polar surface area (TPSA) is 41.8 Å². The van der Waals surface area contributed by atoms with Gasteiger partial charge in [0.05, 0.1) is 12.4 Å². The molecule has 0 unspecified atom stereocenters. The Hall–Kier alpha value is -0.380. The Bertz CT molecular complexity index is 96.2. The van der Waals surface area contributed by atoms with Gasteiger partial charge in [-0.25, -0.2) is 0 Å². The van der Waals surface area contributed by atoms with E-state index >= 15 is 0 Å². The monoisotopic (exact) mass is 133 g/mol. The number of ether oxygens (including phenoxy) is 1. The fraction of sp³-hybridized carbons (Fsp3) is 0.750. The molecule has 0 aromatic carbocycles. The second-order valence-electron chi connectivity index (χ2n) is 1.39. The molecule has 46 valence electrons. The summed E-state index contributed by atoms with van der Waals surface area (Å²) in [6, 6.07) is 0. The molecule has 0 aromatic heterocycles. The van der Waals surface area contributed by atoms with Crippen molar-refractivity contribution >= 4 is 17.7 Å². The van der Waals surface area contributed by atoms with Crippen LogP contribution >= 0.6 is 11.8 Å². The fourth-order valence-electron chi connectivity index (χ4n) is 0.477. The van der Waals surface area contributed by atoms with E-state index in [-0.39, 0.29) is 0 Å². The SMILES string of the molecule is ON=C1CSCCO1. The molecule has 0 spiro atoms. The lowest BCUT2D eigenvalue weighted by atomic mass is 10.7. The van der Waals surface area contributed by atoms with Crippen LogP contribution in [0.5, 0.6) is 0 Å². The van der Waals surface area contributed by atoms with Crippen LogP contribution in [0.3, 0.4) is 0 Å². The molecule has 1 rings (SSSR count). The second-order valence-corrected chi connectivity index (χ2v) is 2.50. The molecule has 0 atom stereocenters. The van der Waals surface area contributed by atoms with Crippen LogP contribution in [0.2, 0.25) is 0 Å². The van der Waals surface area contributed by atoms with Gasteiger partial charge in [-0.2, -0.15) is 0 Å². The molecule has 1 heterocycles. The zero-order chi connectivity index (χ0) is 5.82. The van der Waals surface area contributed by atoms with Crippen molar-refractivity contribution in [1.29, 1.82) is 0 Å². The van der Waals surface area contributed by atoms with E-state index in [1.54, 1.807) is 11.8 Å². The summed E-state index contributed by atoms with van der Waals surface area (Å²) in [6.45, 7) is 0.671. The Morgan fingerprint density at radius 1 is 1.75 bits per heavy atom. The maximum Gasteiger partial charge on any atom is 0.235 e. The average molecular weight is 133 g/mol. The van der Waals surface area contributed by atoms with E-state index in [2.05, 4.69) is 5.16 Å². The van der Waals surface area contributed by atoms with E-state index in [1.165, 1.54) is 0 Å². The molecule has 0 radical (unpaired) electrons. The molecule has 1 saturated heterocycles. The Morgan fingerprint density at radius 3 is 3.00 bits per heavy atom. The molecule has 4 heteroatoms. The first-order chi connectivity index (χ1) is 3.93. The lowest BCUT2D eigenvalue weighted by Crippen LogP contribution is -2.16. The molecule has 1 aliphatic heterocycles. The van der Waals surface area contributed by atoms with Crippen molar-refractivity contribution in [2.75, 3.05) is 18.1 Å². The van der Waals surface area contributed by atoms with E-state index in [1.807, 2.05) is 0 Å². The van der Waals surface area contributed by atoms with Gasteiger partial charge < -0.3 is 9.94 Å². The first-order valence-electron chi connectivity index (χ1n) is 2.35. The highest BCUT2D eigenvalue weighted by molar-refractivity contribution is 8.00. The van der Waals surface area contributed by atoms with Gasteiger partial charge in [0, 0.05) is 5.75 Å². The number of oxime groups is 1. The minimum Gasteiger partial charge on any atom is -0.477 e. The first-order valence-corrected chi connectivity index (χ1v) is 3.50. The summed E-state index contributed by atoms with van der Waals surface area (Å²) in [6.07, 6.45) is 0. The number of nitrogens with zero attached hydrogens (tertiary/aromatic N) is 1. The summed E-state index contributed by atoms with van der Waals surface area (Å²) >= 11 is 1.71. The lowest BCUT2D eigenvalue weighted by molar-refractivity contribution is 0.262. The molecule has 3 nitrogen and oxygen atoms in total. The number of hydrogen-bond donors (Lipinski definition) is 1. The van der Waals surface area contributed by atoms with E-state index in [0.717, 1.165) is 5.75 Å². The molecule has 8 heavy (non-hydrogen) atoms. The maximum absolute atomic E-state index is 8.14. The van der Waals surface area contributed by atoms with Crippen LogP contribution in [0.4, 0.5) is 0 Å². The van der Waals surface area contributed by atoms with E-state index in [0.29, 0.717) is 18.3 Å². The van der Waals surface area contributed by atoms with Crippen molar-refractivity contribution in [2.24, 2.45) is 5.16 Å². The summed E-state index contributed by atoms with van der Waals surface area (Å²) in [4.78, 5) is 0. The van der Waals surface area contributed by atoms with Gasteiger partial charge in [0.15, 0.2) is 0 Å². The Labute approximate surface area is 51.7 Å². The van der Waals surface area contributed by atoms with Crippen LogP contribution in [0.25, 0.3) is 0 Å². The normalized spacial score (nSPS) is 25.2. The van der Waals surface area contributed by atoms with Crippen LogP contribution in [-0.4, -0.2) is 29.2 Å². The predicted molar refractivity (Wildman–Crippen MR) is 32.5 cm³/mol. The number of hydrogen-bond acceptors (Lipinski definition) is 4. The van der Waals surface area contributed by atoms with Gasteiger partial charge in [-0.3, -0.25) is 0 Å². The third-order valence-electron chi connectivity index (χ3n) is 0.833. The van der Waals surface area contributed by atoms with Gasteiger partial charge in [-0.05, 0) is 0 Å². The summed E-state index contributed by atoms with van der Waals surface area (Å²) in [7, 11) is 0. The number of rotatable bonds is 0. The van der Waals surface area contributed by atoms with Gasteiger partial charge in [0.25, 0.3) is 0 Å². The predicted octanol–water partition coefficient (Wildman–Crippen LogP) is 0.537. The third kappa shape index (κ3) is 1.30. The van der Waals surface area contributed by atoms with Crippen molar-refractivity contribution in [3.8, 4) is 0 Å². The maximum atomic E-state index is 8.14. The third-order valence-corrected chi connectivity index (χ3v) is 1.74. The second kappa shape index (κ2) is 2.81. The fourth-order valence-corrected chi connectivity index (χ4v) is 1.14. The molecular weight excluding hydrogens is 126 g/mol. The minimum absolute atomic E-state index is 0.446. The lowest BCUT2D eigenvalue weighted by Gasteiger charge is -2.11. The Balaban J connectivity index is 2.33. The van der Waals surface area contributed by atoms with Gasteiger partial charge in [0.2, 0.25) is 5.90 Å². The summed E-state index contributed by atoms with van der Waals surface area (Å²) in [5.41, 5.74) is 0. The van der Waals surface area contributed by atoms with E-state index in [9.17, 15) is 0 Å². The molecule has 0 saturated carbocycles. The van der Waals surface area contributed by atoms with E-state index < -0.39 is 0 Å². The summed E-state index contributed by atoms with van der Waals surface area (Å²) < 4.78 is 4.91. The quantitative estimate of drug-likeness (QED) is 0.387. The first kappa shape index (κ1) is 5.75. The molecule has 0 aliphatic carbocycles. The molecule has 0 amide bonds. The van der Waals surface area contributed by atoms with Crippen molar-refractivity contribution in [3.05, 3.63) is 0 Å². The number of thioether (sulfide) groups is 1. The summed E-state index contributed by atoms with van der Waals surface area (Å²) in [5.74, 6) is 2.15. The van der Waals surface area contributed by atoms with Gasteiger partial charge in [0.1, 0.15) is 0 Å². The molecule has 0 bridgehead atoms.